The lowest BCUT2D eigenvalue weighted by Gasteiger charge is -2.19. The zero-order valence-electron chi connectivity index (χ0n) is 59.2. The summed E-state index contributed by atoms with van der Waals surface area (Å²) in [6.07, 6.45) is 4.84. The molecule has 1 aliphatic rings. The maximum absolute atomic E-state index is 13.6. The first-order valence-electron chi connectivity index (χ1n) is 33.4. The molecule has 6 heterocycles. The summed E-state index contributed by atoms with van der Waals surface area (Å²) < 4.78 is 108. The monoisotopic (exact) mass is 1760 g/mol. The summed E-state index contributed by atoms with van der Waals surface area (Å²) in [5.41, 5.74) is 20.8. The van der Waals surface area contributed by atoms with E-state index >= 15 is 0 Å². The number of imidazole rings is 3. The SMILES string of the molecule is COc1cc(C(=O)COP(=O)(COCCn2cnc3c(=O)[nH]c(N)nc32)OCc2cccc(Br)c2)ccc1C.COc1ccc(C(=O)COP(=O)(COCCn2cnc3c(=O)[nH]c(N)nc32)OCc2cccc(Br)c2)cc1.Nc1nc2c(ncn2CCOCP(=O)(OCC(=O)C2CC2)OCc2cccc(Br)c2)c(=O)[nH]1. The number of fused-ring (bicyclic) bond motifs is 3. The first-order valence-corrected chi connectivity index (χ1v) is 40.9. The van der Waals surface area contributed by atoms with Crippen molar-refractivity contribution < 1.29 is 78.9 Å². The molecule has 41 heteroatoms. The van der Waals surface area contributed by atoms with E-state index < -0.39 is 71.2 Å². The summed E-state index contributed by atoms with van der Waals surface area (Å²) in [6, 6.07) is 33.5. The van der Waals surface area contributed by atoms with Gasteiger partial charge in [0.05, 0.1) is 72.8 Å². The number of rotatable bonds is 38. The largest absolute Gasteiger partial charge is 0.497 e. The van der Waals surface area contributed by atoms with Crippen molar-refractivity contribution in [1.82, 2.24) is 58.6 Å². The normalized spacial score (nSPS) is 13.7. The molecule has 582 valence electrons. The number of nitrogen functional groups attached to an aromatic ring is 3. The standard InChI is InChI=1S/C25H27BrN5O7P.C24H25BrN5O7P.C20H23BrN5O6P/c1-16-6-7-18(11-21(16)35-2)20(32)13-38-39(34,37-12-17-4-3-5-19(26)10-17)15-36-9-8-31-14-28-22-23(31)29-25(27)30-24(22)33;1-34-19-7-5-17(6-8-19)20(31)13-37-38(33,36-12-16-3-2-4-18(25)11-16)15-35-10-9-30-14-27-21-22(30)28-24(26)29-23(21)32;21-15-3-1-2-13(8-15)9-31-33(29,32-10-16(27)14-4-5-14)12-30-7-6-26-11-23-17-18(26)24-20(22)25-19(17)28/h3-7,10-11,14H,8-9,12-13,15H2,1-2H3,(H3,27,29,30,33);2-8,11,14H,9-10,12-13,15H2,1H3,(H3,26,28,29,32);1-3,8,11,14H,4-7,9-10,12H2,(H3,22,24,25,28). The van der Waals surface area contributed by atoms with Gasteiger partial charge < -0.3 is 68.2 Å². The fourth-order valence-corrected chi connectivity index (χ4v) is 15.1. The highest BCUT2D eigenvalue weighted by molar-refractivity contribution is 9.11. The van der Waals surface area contributed by atoms with Gasteiger partial charge in [-0.3, -0.25) is 71.0 Å². The number of methoxy groups -OCH3 is 2. The summed E-state index contributed by atoms with van der Waals surface area (Å²) in [5.74, 6) is 0.207. The molecule has 3 atom stereocenters. The first kappa shape index (κ1) is 83.4. The van der Waals surface area contributed by atoms with Crippen molar-refractivity contribution >= 4 is 139 Å². The second kappa shape index (κ2) is 39.2. The molecular formula is C69H75Br3N15O20P3. The summed E-state index contributed by atoms with van der Waals surface area (Å²) >= 11 is 10.2. The molecule has 0 radical (unpaired) electrons. The Bertz CT molecular complexity index is 5410. The number of ketones is 3. The Morgan fingerprint density at radius 3 is 1.20 bits per heavy atom. The lowest BCUT2D eigenvalue weighted by molar-refractivity contribution is -0.122. The van der Waals surface area contributed by atoms with Crippen LogP contribution in [0.2, 0.25) is 0 Å². The van der Waals surface area contributed by atoms with Gasteiger partial charge in [-0.2, -0.15) is 15.0 Å². The average Bonchev–Trinajstić information content (AvgIpc) is 1.67. The van der Waals surface area contributed by atoms with Gasteiger partial charge >= 0.3 is 22.8 Å². The maximum Gasteiger partial charge on any atom is 0.356 e. The van der Waals surface area contributed by atoms with Crippen molar-refractivity contribution in [3.63, 3.8) is 0 Å². The number of nitrogens with zero attached hydrogens (tertiary/aromatic N) is 9. The van der Waals surface area contributed by atoms with Gasteiger partial charge in [0.2, 0.25) is 17.8 Å². The van der Waals surface area contributed by atoms with Crippen molar-refractivity contribution in [2.75, 3.05) is 90.1 Å². The number of halogens is 3. The van der Waals surface area contributed by atoms with Gasteiger partial charge in [0, 0.05) is 50.1 Å². The molecule has 0 amide bonds. The van der Waals surface area contributed by atoms with E-state index in [1.165, 1.54) is 33.2 Å². The summed E-state index contributed by atoms with van der Waals surface area (Å²) in [6.45, 7) is 1.63. The fourth-order valence-electron chi connectivity index (χ4n) is 10.1. The van der Waals surface area contributed by atoms with Crippen LogP contribution in [0.15, 0.2) is 162 Å². The second-order valence-electron chi connectivity index (χ2n) is 24.2. The van der Waals surface area contributed by atoms with Crippen LogP contribution in [0.3, 0.4) is 0 Å². The van der Waals surface area contributed by atoms with E-state index in [0.29, 0.717) is 39.6 Å². The molecular weight excluding hydrogens is 1690 g/mol. The molecule has 1 aliphatic carbocycles. The summed E-state index contributed by atoms with van der Waals surface area (Å²) in [5, 5.41) is 0. The van der Waals surface area contributed by atoms with E-state index in [2.05, 4.69) is 92.6 Å². The Labute approximate surface area is 651 Å². The van der Waals surface area contributed by atoms with Gasteiger partial charge in [0.1, 0.15) is 50.4 Å². The molecule has 1 saturated carbocycles. The topological polar surface area (TPSA) is 473 Å². The van der Waals surface area contributed by atoms with E-state index in [4.69, 9.17) is 68.0 Å². The van der Waals surface area contributed by atoms with Crippen LogP contribution in [0.4, 0.5) is 17.8 Å². The number of nitrogens with one attached hydrogen (secondary N) is 3. The van der Waals surface area contributed by atoms with Gasteiger partial charge in [-0.1, -0.05) is 96.3 Å². The fraction of sp³-hybridized carbons (Fsp3) is 0.304. The average molecular weight is 1770 g/mol. The highest BCUT2D eigenvalue weighted by Crippen LogP contribution is 2.51. The molecule has 1 fully saturated rings. The molecule has 0 aliphatic heterocycles. The van der Waals surface area contributed by atoms with E-state index in [-0.39, 0.29) is 124 Å². The number of carbonyl (C=O) groups is 3. The van der Waals surface area contributed by atoms with Crippen LogP contribution in [-0.2, 0) is 99.3 Å². The van der Waals surface area contributed by atoms with Crippen LogP contribution in [0.1, 0.15) is 55.8 Å². The summed E-state index contributed by atoms with van der Waals surface area (Å²) in [4.78, 5) is 105. The number of Topliss-reactive ketones (excluding diaryl/α,β-unsaturated/α-hetero) is 3. The predicted molar refractivity (Wildman–Crippen MR) is 415 cm³/mol. The molecule has 0 spiro atoms. The number of carbonyl (C=O) groups excluding carboxylic acids is 3. The van der Waals surface area contributed by atoms with Crippen molar-refractivity contribution in [1.29, 1.82) is 0 Å². The van der Waals surface area contributed by atoms with Crippen LogP contribution in [0, 0.1) is 12.8 Å². The van der Waals surface area contributed by atoms with Gasteiger partial charge in [-0.15, -0.1) is 0 Å². The van der Waals surface area contributed by atoms with Crippen molar-refractivity contribution in [2.24, 2.45) is 5.92 Å². The number of aromatic amines is 3. The molecule has 110 heavy (non-hydrogen) atoms. The quantitative estimate of drug-likeness (QED) is 0.0119. The molecule has 0 bridgehead atoms. The Morgan fingerprint density at radius 1 is 0.482 bits per heavy atom. The van der Waals surface area contributed by atoms with Crippen molar-refractivity contribution in [3.8, 4) is 11.5 Å². The Balaban J connectivity index is 0.000000176. The Morgan fingerprint density at radius 2 is 0.845 bits per heavy atom. The lowest BCUT2D eigenvalue weighted by Crippen LogP contribution is -2.14. The second-order valence-corrected chi connectivity index (χ2v) is 32.9. The van der Waals surface area contributed by atoms with Crippen LogP contribution < -0.4 is 43.4 Å². The lowest BCUT2D eigenvalue weighted by atomic mass is 10.1. The van der Waals surface area contributed by atoms with Crippen LogP contribution >= 0.6 is 70.6 Å². The molecule has 6 aromatic heterocycles. The summed E-state index contributed by atoms with van der Waals surface area (Å²) in [7, 11) is -8.40. The minimum Gasteiger partial charge on any atom is -0.497 e. The number of anilines is 3. The number of nitrogens with two attached hydrogens (primary N) is 3. The van der Waals surface area contributed by atoms with Crippen LogP contribution in [0.5, 0.6) is 11.5 Å². The highest BCUT2D eigenvalue weighted by atomic mass is 79.9. The number of ether oxygens (including phenoxy) is 5. The third kappa shape index (κ3) is 24.2. The number of hydrogen-bond donors (Lipinski definition) is 6. The van der Waals surface area contributed by atoms with E-state index in [1.807, 2.05) is 79.7 Å². The third-order valence-corrected chi connectivity index (χ3v) is 22.1. The van der Waals surface area contributed by atoms with Crippen LogP contribution in [-0.4, -0.2) is 149 Å². The van der Waals surface area contributed by atoms with Gasteiger partial charge in [-0.05, 0) is 109 Å². The maximum atomic E-state index is 13.6. The number of aromatic nitrogens is 12. The zero-order chi connectivity index (χ0) is 78.5. The molecule has 3 unspecified atom stereocenters. The zero-order valence-corrected chi connectivity index (χ0v) is 66.6. The molecule has 11 aromatic rings. The Kier molecular flexibility index (Phi) is 29.7. The van der Waals surface area contributed by atoms with E-state index in [0.717, 1.165) is 48.5 Å². The number of H-pyrrole nitrogens is 3. The number of benzene rings is 5. The van der Waals surface area contributed by atoms with Gasteiger partial charge in [0.15, 0.2) is 50.8 Å². The third-order valence-electron chi connectivity index (χ3n) is 16.0. The smallest absolute Gasteiger partial charge is 0.356 e. The van der Waals surface area contributed by atoms with Gasteiger partial charge in [-0.25, -0.2) is 15.0 Å². The molecule has 35 nitrogen and oxygen atoms in total. The number of hydrogen-bond acceptors (Lipinski definition) is 29. The Hall–Kier alpha value is -9.07. The van der Waals surface area contributed by atoms with E-state index in [9.17, 15) is 42.5 Å². The molecule has 5 aromatic carbocycles. The first-order chi connectivity index (χ1) is 52.8. The van der Waals surface area contributed by atoms with E-state index in [1.54, 1.807) is 56.2 Å². The van der Waals surface area contributed by atoms with Gasteiger partial charge in [0.25, 0.3) is 16.7 Å². The predicted octanol–water partition coefficient (Wildman–Crippen LogP) is 10.7. The highest BCUT2D eigenvalue weighted by Gasteiger charge is 2.34. The van der Waals surface area contributed by atoms with Crippen molar-refractivity contribution in [3.05, 3.63) is 212 Å². The van der Waals surface area contributed by atoms with Crippen molar-refractivity contribution in [2.45, 2.75) is 59.2 Å². The number of aryl methyl sites for hydroxylation is 1. The minimum atomic E-state index is -3.88. The minimum absolute atomic E-state index is 0.0120. The molecule has 12 rings (SSSR count). The van der Waals surface area contributed by atoms with Crippen LogP contribution in [0.25, 0.3) is 33.5 Å². The molecule has 0 saturated heterocycles. The molecule has 9 N–H and O–H groups in total.